The van der Waals surface area contributed by atoms with Crippen LogP contribution in [0, 0.1) is 23.7 Å². The molecular formula is C65H86N10O11S. The maximum atomic E-state index is 15.2. The van der Waals surface area contributed by atoms with E-state index in [0.29, 0.717) is 49.3 Å². The minimum atomic E-state index is -1.14. The first-order valence-corrected chi connectivity index (χ1v) is 31.4. The largest absolute Gasteiger partial charge is 0.455 e. The highest BCUT2D eigenvalue weighted by atomic mass is 32.1. The summed E-state index contributed by atoms with van der Waals surface area (Å²) in [5, 5.41) is 5.72. The fourth-order valence-electron chi connectivity index (χ4n) is 11.6. The van der Waals surface area contributed by atoms with Crippen LogP contribution in [0.5, 0.6) is 0 Å². The fourth-order valence-corrected chi connectivity index (χ4v) is 12.4. The lowest BCUT2D eigenvalue weighted by Gasteiger charge is -2.37. The Kier molecular flexibility index (Phi) is 24.1. The molecule has 21 nitrogen and oxygen atoms in total. The van der Waals surface area contributed by atoms with Crippen LogP contribution in [0.2, 0.25) is 0 Å². The van der Waals surface area contributed by atoms with E-state index < -0.39 is 71.4 Å². The third-order valence-electron chi connectivity index (χ3n) is 17.3. The van der Waals surface area contributed by atoms with Gasteiger partial charge in [-0.05, 0) is 68.0 Å². The van der Waals surface area contributed by atoms with Crippen LogP contribution in [0.15, 0.2) is 84.4 Å². The number of hydrogen-bond donors (Lipinski definition) is 2. The monoisotopic (exact) mass is 1210 g/mol. The number of carbonyl (C=O) groups is 10. The molecule has 2 saturated heterocycles. The maximum absolute atomic E-state index is 15.2. The molecule has 0 aliphatic carbocycles. The number of piperazine rings is 1. The van der Waals surface area contributed by atoms with Gasteiger partial charge in [0.25, 0.3) is 17.7 Å². The minimum Gasteiger partial charge on any atom is -0.455 e. The van der Waals surface area contributed by atoms with E-state index in [1.165, 1.54) is 31.0 Å². The number of benzene rings is 2. The zero-order chi connectivity index (χ0) is 63.1. The Labute approximate surface area is 514 Å². The molecule has 2 fully saturated rings. The maximum Gasteiger partial charge on any atom is 0.303 e. The van der Waals surface area contributed by atoms with Gasteiger partial charge in [0.15, 0.2) is 17.7 Å². The number of fused-ring (bicyclic) bond motifs is 1. The second-order valence-corrected chi connectivity index (χ2v) is 24.7. The van der Waals surface area contributed by atoms with Gasteiger partial charge in [0.05, 0.1) is 17.6 Å². The second kappa shape index (κ2) is 31.4. The summed E-state index contributed by atoms with van der Waals surface area (Å²) in [6.45, 7) is 11.2. The lowest BCUT2D eigenvalue weighted by atomic mass is 9.84. The van der Waals surface area contributed by atoms with Gasteiger partial charge in [0, 0.05) is 146 Å². The number of rotatable bonds is 32. The first-order valence-electron chi connectivity index (χ1n) is 30.5. The smallest absolute Gasteiger partial charge is 0.303 e. The van der Waals surface area contributed by atoms with Gasteiger partial charge in [-0.2, -0.15) is 0 Å². The van der Waals surface area contributed by atoms with E-state index in [4.69, 9.17) is 15.5 Å². The third-order valence-corrected chi connectivity index (χ3v) is 18.2. The van der Waals surface area contributed by atoms with E-state index in [1.807, 2.05) is 100 Å². The van der Waals surface area contributed by atoms with Crippen molar-refractivity contribution in [3.63, 3.8) is 0 Å². The van der Waals surface area contributed by atoms with E-state index >= 15 is 4.79 Å². The first-order chi connectivity index (χ1) is 41.6. The Morgan fingerprint density at radius 1 is 0.839 bits per heavy atom. The average Bonchev–Trinajstić information content (AvgIpc) is 4.15. The molecule has 2 aromatic heterocycles. The predicted octanol–water partition coefficient (Wildman–Crippen LogP) is 5.60. The molecule has 468 valence electrons. The van der Waals surface area contributed by atoms with E-state index in [0.717, 1.165) is 32.7 Å². The van der Waals surface area contributed by atoms with Gasteiger partial charge in [-0.1, -0.05) is 89.1 Å². The second-order valence-electron chi connectivity index (χ2n) is 23.8. The summed E-state index contributed by atoms with van der Waals surface area (Å²) in [7, 11) is 5.11. The van der Waals surface area contributed by atoms with E-state index in [-0.39, 0.29) is 125 Å². The zero-order valence-electron chi connectivity index (χ0n) is 51.6. The molecule has 3 N–H and O–H groups in total. The average molecular weight is 1220 g/mol. The molecule has 87 heavy (non-hydrogen) atoms. The Hall–Kier alpha value is -7.56. The van der Waals surface area contributed by atoms with Gasteiger partial charge >= 0.3 is 5.97 Å². The Balaban J connectivity index is 1.10. The number of unbranched alkanes of at least 4 members (excludes halogenated alkanes) is 1. The van der Waals surface area contributed by atoms with Crippen LogP contribution in [0.1, 0.15) is 125 Å². The third kappa shape index (κ3) is 18.0. The summed E-state index contributed by atoms with van der Waals surface area (Å²) in [6.07, 6.45) is 5.67. The molecule has 0 saturated carbocycles. The van der Waals surface area contributed by atoms with Crippen LogP contribution in [-0.4, -0.2) is 189 Å². The van der Waals surface area contributed by atoms with Crippen LogP contribution in [-0.2, 0) is 60.7 Å². The van der Waals surface area contributed by atoms with Crippen molar-refractivity contribution in [1.82, 2.24) is 44.7 Å². The zero-order valence-corrected chi connectivity index (χ0v) is 52.4. The summed E-state index contributed by atoms with van der Waals surface area (Å²) in [6, 6.07) is 15.9. The summed E-state index contributed by atoms with van der Waals surface area (Å²) in [5.41, 5.74) is 8.13. The highest BCUT2D eigenvalue weighted by Gasteiger charge is 2.42. The Bertz CT molecular complexity index is 3130. The molecule has 0 spiro atoms. The van der Waals surface area contributed by atoms with E-state index in [2.05, 4.69) is 10.3 Å². The number of nitrogens with one attached hydrogen (secondary N) is 1. The molecule has 7 rings (SSSR count). The fraction of sp³-hybridized carbons (Fsp3) is 0.538. The molecule has 22 heteroatoms. The highest BCUT2D eigenvalue weighted by Crippen LogP contribution is 2.34. The van der Waals surface area contributed by atoms with E-state index in [1.54, 1.807) is 33.3 Å². The van der Waals surface area contributed by atoms with Gasteiger partial charge in [0.1, 0.15) is 16.7 Å². The molecular weight excluding hydrogens is 1130 g/mol. The lowest BCUT2D eigenvalue weighted by molar-refractivity contribution is -0.149. The number of aromatic nitrogens is 2. The van der Waals surface area contributed by atoms with Crippen molar-refractivity contribution in [1.29, 1.82) is 0 Å². The van der Waals surface area contributed by atoms with Gasteiger partial charge in [0.2, 0.25) is 23.6 Å². The van der Waals surface area contributed by atoms with Crippen molar-refractivity contribution in [2.75, 3.05) is 67.0 Å². The van der Waals surface area contributed by atoms with Crippen LogP contribution in [0.4, 0.5) is 0 Å². The minimum absolute atomic E-state index is 0.00891. The van der Waals surface area contributed by atoms with Crippen molar-refractivity contribution in [2.45, 2.75) is 136 Å². The molecule has 7 amide bonds. The highest BCUT2D eigenvalue weighted by molar-refractivity contribution is 7.09. The molecule has 5 heterocycles. The van der Waals surface area contributed by atoms with Crippen molar-refractivity contribution >= 4 is 81.1 Å². The molecule has 3 aliphatic rings. The number of hydrogen-bond acceptors (Lipinski definition) is 16. The number of ketones is 2. The van der Waals surface area contributed by atoms with Crippen LogP contribution in [0.3, 0.4) is 0 Å². The normalized spacial score (nSPS) is 18.2. The predicted molar refractivity (Wildman–Crippen MR) is 329 cm³/mol. The van der Waals surface area contributed by atoms with Gasteiger partial charge < -0.3 is 35.4 Å². The number of amides is 7. The number of esters is 1. The lowest BCUT2D eigenvalue weighted by Crippen LogP contribution is -2.57. The topological polar surface area (TPSA) is 263 Å². The number of pyridine rings is 1. The molecule has 0 bridgehead atoms. The van der Waals surface area contributed by atoms with Crippen molar-refractivity contribution < 1.29 is 52.7 Å². The van der Waals surface area contributed by atoms with Gasteiger partial charge in [-0.15, -0.1) is 11.3 Å². The molecule has 9 atom stereocenters. The number of thiazole rings is 1. The number of para-hydroxylation sites is 1. The van der Waals surface area contributed by atoms with Crippen molar-refractivity contribution in [3.05, 3.63) is 106 Å². The summed E-state index contributed by atoms with van der Waals surface area (Å²) < 4.78 is 5.93. The molecule has 0 radical (unpaired) electrons. The molecule has 3 unspecified atom stereocenters. The number of carbonyl (C=O) groups excluding carboxylic acids is 10. The quantitative estimate of drug-likeness (QED) is 0.0261. The number of likely N-dealkylation sites (N-methyl/N-ethyl adjacent to an activating group) is 2. The molecule has 3 aliphatic heterocycles. The Morgan fingerprint density at radius 2 is 1.51 bits per heavy atom. The standard InChI is InChI=1S/C65H86N10O11S/c1-9-42(4)48(36-56(78)54-39-70(54)6)63(83)71(7)52(41(2)3)37-57(86-43(5)76)62-69-51(40-87-62)64(84)72(8)53(34-45-32-46-20-13-14-22-49(46)67-38-45)55(77)35-47(21-15-16-26-66)61(82)68-50(33-44-18-11-10-12-19-44)65(85)74-30-28-73(29-31-74)58(79)23-17-27-75-59(80)24-25-60(75)81/h10-14,18-20,22,24-25,32,38,40-42,47-48,50,52-54,57H,9,15-17,21,23,26-31,33-37,39,66H2,1-8H3,(H,68,82)/t42-,47-,48?,50-,52+,53-,54?,57+,70?/m0/s1. The van der Waals surface area contributed by atoms with Gasteiger partial charge in [-0.3, -0.25) is 62.7 Å². The number of nitrogens with zero attached hydrogens (tertiary/aromatic N) is 8. The number of nitrogens with two attached hydrogens (primary N) is 1. The molecule has 2 aromatic carbocycles. The first kappa shape index (κ1) is 67.0. The number of imide groups is 1. The Morgan fingerprint density at radius 3 is 2.15 bits per heavy atom. The summed E-state index contributed by atoms with van der Waals surface area (Å²) in [5.74, 6) is -5.26. The van der Waals surface area contributed by atoms with E-state index in [9.17, 15) is 43.2 Å². The van der Waals surface area contributed by atoms with Crippen molar-refractivity contribution in [3.8, 4) is 0 Å². The SMILES string of the molecule is CC[C@H](C)C(CC(=O)C1CN1C)C(=O)N(C)[C@H](C[C@@H](OC(C)=O)c1nc(C(=O)N(C)[C@@H](Cc2cnc3ccccc3c2)C(=O)C[C@H](CCCCN)C(=O)N[C@@H](Cc2ccccc2)C(=O)N2CCN(C(=O)CCCN3C(=O)C=CC3=O)CC2)cs1)C(C)C. The number of Topliss-reactive ketones (excluding diaryl/α,β-unsaturated/α-hetero) is 2. The summed E-state index contributed by atoms with van der Waals surface area (Å²) >= 11 is 1.11. The van der Waals surface area contributed by atoms with Crippen LogP contribution < -0.4 is 11.1 Å². The van der Waals surface area contributed by atoms with Crippen LogP contribution in [0.25, 0.3) is 10.9 Å². The van der Waals surface area contributed by atoms with Crippen molar-refractivity contribution in [2.24, 2.45) is 29.4 Å². The van der Waals surface area contributed by atoms with Gasteiger partial charge in [-0.25, -0.2) is 4.98 Å². The molecule has 4 aromatic rings. The van der Waals surface area contributed by atoms with Crippen LogP contribution >= 0.6 is 11.3 Å². The summed E-state index contributed by atoms with van der Waals surface area (Å²) in [4.78, 5) is 156. The number of ether oxygens (including phenoxy) is 1.